The zero-order valence-corrected chi connectivity index (χ0v) is 8.49. The summed E-state index contributed by atoms with van der Waals surface area (Å²) in [6.07, 6.45) is 1.62. The highest BCUT2D eigenvalue weighted by molar-refractivity contribution is 5.94. The molecule has 2 rings (SSSR count). The molecule has 0 unspecified atom stereocenters. The van der Waals surface area contributed by atoms with Gasteiger partial charge in [-0.25, -0.2) is 9.78 Å². The number of nitrogens with zero attached hydrogens (tertiary/aromatic N) is 1. The summed E-state index contributed by atoms with van der Waals surface area (Å²) in [5.74, 6) is -0.553. The van der Waals surface area contributed by atoms with Gasteiger partial charge in [-0.2, -0.15) is 0 Å². The minimum absolute atomic E-state index is 0. The Hall–Kier alpha value is -1.81. The Balaban J connectivity index is 0.00000112. The lowest BCUT2D eigenvalue weighted by atomic mass is 10.1. The second-order valence-corrected chi connectivity index (χ2v) is 2.98. The Kier molecular flexibility index (Phi) is 3.11. The molecule has 2 aromatic rings. The van der Waals surface area contributed by atoms with Crippen molar-refractivity contribution in [3.8, 4) is 0 Å². The first-order chi connectivity index (χ1) is 6.66. The summed E-state index contributed by atoms with van der Waals surface area (Å²) < 4.78 is 0. The number of nitrogens with two attached hydrogens (primary N) is 1. The van der Waals surface area contributed by atoms with E-state index in [2.05, 4.69) is 4.98 Å². The zero-order valence-electron chi connectivity index (χ0n) is 7.68. The van der Waals surface area contributed by atoms with Crippen molar-refractivity contribution in [3.63, 3.8) is 0 Å². The molecular formula is C10H9ClN2O2. The van der Waals surface area contributed by atoms with Crippen LogP contribution in [0.2, 0.25) is 0 Å². The summed E-state index contributed by atoms with van der Waals surface area (Å²) in [7, 11) is 0. The second-order valence-electron chi connectivity index (χ2n) is 2.98. The number of carboxylic acid groups (broad SMARTS) is 1. The maximum Gasteiger partial charge on any atom is 0.335 e. The Morgan fingerprint density at radius 3 is 2.67 bits per heavy atom. The Morgan fingerprint density at radius 2 is 2.00 bits per heavy atom. The van der Waals surface area contributed by atoms with Gasteiger partial charge in [0.2, 0.25) is 0 Å². The number of halogens is 1. The summed E-state index contributed by atoms with van der Waals surface area (Å²) >= 11 is 0. The van der Waals surface area contributed by atoms with E-state index in [1.807, 2.05) is 0 Å². The summed E-state index contributed by atoms with van der Waals surface area (Å²) in [6, 6.07) is 6.49. The number of fused-ring (bicyclic) bond motifs is 1. The first-order valence-corrected chi connectivity index (χ1v) is 4.05. The monoisotopic (exact) mass is 224 g/mol. The Bertz CT molecular complexity index is 514. The standard InChI is InChI=1S/C10H8N2O2.ClH/c11-9-4-8-3-6(10(13)14)1-2-7(8)5-12-9;/h1-5H,(H2,11,12)(H,13,14);1H. The smallest absolute Gasteiger partial charge is 0.335 e. The van der Waals surface area contributed by atoms with Crippen molar-refractivity contribution in [1.29, 1.82) is 0 Å². The highest BCUT2D eigenvalue weighted by atomic mass is 35.5. The number of carboxylic acids is 1. The van der Waals surface area contributed by atoms with Crippen LogP contribution in [-0.2, 0) is 0 Å². The van der Waals surface area contributed by atoms with Crippen molar-refractivity contribution in [3.05, 3.63) is 36.0 Å². The van der Waals surface area contributed by atoms with E-state index < -0.39 is 5.97 Å². The molecule has 3 N–H and O–H groups in total. The fourth-order valence-corrected chi connectivity index (χ4v) is 1.29. The molecule has 0 spiro atoms. The van der Waals surface area contributed by atoms with Crippen molar-refractivity contribution in [2.75, 3.05) is 5.73 Å². The molecule has 1 aromatic heterocycles. The van der Waals surface area contributed by atoms with E-state index in [0.717, 1.165) is 10.8 Å². The van der Waals surface area contributed by atoms with Gasteiger partial charge in [-0.15, -0.1) is 12.4 Å². The Morgan fingerprint density at radius 1 is 1.27 bits per heavy atom. The van der Waals surface area contributed by atoms with E-state index >= 15 is 0 Å². The first-order valence-electron chi connectivity index (χ1n) is 4.05. The van der Waals surface area contributed by atoms with Gasteiger partial charge in [0.1, 0.15) is 5.82 Å². The number of benzene rings is 1. The van der Waals surface area contributed by atoms with Gasteiger partial charge in [-0.3, -0.25) is 0 Å². The van der Waals surface area contributed by atoms with Crippen LogP contribution in [-0.4, -0.2) is 16.1 Å². The lowest BCUT2D eigenvalue weighted by molar-refractivity contribution is 0.0697. The molecule has 78 valence electrons. The molecule has 0 bridgehead atoms. The zero-order chi connectivity index (χ0) is 10.1. The number of hydrogen-bond donors (Lipinski definition) is 2. The topological polar surface area (TPSA) is 76.2 Å². The molecule has 0 radical (unpaired) electrons. The van der Waals surface area contributed by atoms with Gasteiger partial charge in [0.25, 0.3) is 0 Å². The van der Waals surface area contributed by atoms with E-state index in [9.17, 15) is 4.79 Å². The fraction of sp³-hybridized carbons (Fsp3) is 0. The van der Waals surface area contributed by atoms with Gasteiger partial charge < -0.3 is 10.8 Å². The fourth-order valence-electron chi connectivity index (χ4n) is 1.29. The molecule has 0 aliphatic carbocycles. The minimum atomic E-state index is -0.942. The molecule has 15 heavy (non-hydrogen) atoms. The van der Waals surface area contributed by atoms with Gasteiger partial charge in [0.05, 0.1) is 5.56 Å². The number of aromatic carboxylic acids is 1. The van der Waals surface area contributed by atoms with Crippen molar-refractivity contribution >= 4 is 35.0 Å². The maximum atomic E-state index is 10.7. The van der Waals surface area contributed by atoms with E-state index in [0.29, 0.717) is 5.82 Å². The molecule has 0 fully saturated rings. The summed E-state index contributed by atoms with van der Waals surface area (Å²) in [5.41, 5.74) is 5.74. The van der Waals surface area contributed by atoms with Crippen molar-refractivity contribution in [2.24, 2.45) is 0 Å². The molecule has 0 saturated carbocycles. The molecule has 4 nitrogen and oxygen atoms in total. The van der Waals surface area contributed by atoms with Gasteiger partial charge in [0, 0.05) is 11.6 Å². The molecule has 0 atom stereocenters. The van der Waals surface area contributed by atoms with Gasteiger partial charge in [-0.05, 0) is 23.6 Å². The third-order valence-electron chi connectivity index (χ3n) is 1.99. The summed E-state index contributed by atoms with van der Waals surface area (Å²) in [5, 5.41) is 10.4. The van der Waals surface area contributed by atoms with Crippen LogP contribution in [0, 0.1) is 0 Å². The van der Waals surface area contributed by atoms with E-state index in [1.54, 1.807) is 30.5 Å². The highest BCUT2D eigenvalue weighted by Crippen LogP contribution is 2.16. The van der Waals surface area contributed by atoms with Crippen LogP contribution in [0.25, 0.3) is 10.8 Å². The molecule has 1 heterocycles. The van der Waals surface area contributed by atoms with Crippen LogP contribution in [0.4, 0.5) is 5.82 Å². The van der Waals surface area contributed by atoms with Crippen LogP contribution in [0.15, 0.2) is 30.5 Å². The lowest BCUT2D eigenvalue weighted by Crippen LogP contribution is -1.96. The third kappa shape index (κ3) is 2.16. The normalized spacial score (nSPS) is 9.60. The largest absolute Gasteiger partial charge is 0.478 e. The van der Waals surface area contributed by atoms with Crippen molar-refractivity contribution in [1.82, 2.24) is 4.98 Å². The number of carbonyl (C=O) groups is 1. The lowest BCUT2D eigenvalue weighted by Gasteiger charge is -2.00. The van der Waals surface area contributed by atoms with Crippen LogP contribution in [0.3, 0.4) is 0 Å². The molecule has 5 heteroatoms. The van der Waals surface area contributed by atoms with Crippen molar-refractivity contribution < 1.29 is 9.90 Å². The predicted molar refractivity (Wildman–Crippen MR) is 60.4 cm³/mol. The minimum Gasteiger partial charge on any atom is -0.478 e. The Labute approximate surface area is 92.1 Å². The molecule has 0 aliphatic rings. The van der Waals surface area contributed by atoms with E-state index in [-0.39, 0.29) is 18.0 Å². The summed E-state index contributed by atoms with van der Waals surface area (Å²) in [4.78, 5) is 14.6. The van der Waals surface area contributed by atoms with Gasteiger partial charge >= 0.3 is 5.97 Å². The van der Waals surface area contributed by atoms with Crippen LogP contribution < -0.4 is 5.73 Å². The van der Waals surface area contributed by atoms with Crippen LogP contribution in [0.1, 0.15) is 10.4 Å². The van der Waals surface area contributed by atoms with Crippen molar-refractivity contribution in [2.45, 2.75) is 0 Å². The summed E-state index contributed by atoms with van der Waals surface area (Å²) in [6.45, 7) is 0. The molecule has 0 saturated heterocycles. The second kappa shape index (κ2) is 4.14. The van der Waals surface area contributed by atoms with Gasteiger partial charge in [0.15, 0.2) is 0 Å². The predicted octanol–water partition coefficient (Wildman–Crippen LogP) is 1.94. The average Bonchev–Trinajstić information content (AvgIpc) is 2.16. The maximum absolute atomic E-state index is 10.7. The molecule has 0 amide bonds. The number of rotatable bonds is 1. The third-order valence-corrected chi connectivity index (χ3v) is 1.99. The molecule has 0 aliphatic heterocycles. The quantitative estimate of drug-likeness (QED) is 0.776. The van der Waals surface area contributed by atoms with Crippen LogP contribution in [0.5, 0.6) is 0 Å². The number of anilines is 1. The number of nitrogen functional groups attached to an aromatic ring is 1. The number of aromatic nitrogens is 1. The van der Waals surface area contributed by atoms with E-state index in [4.69, 9.17) is 10.8 Å². The average molecular weight is 225 g/mol. The van der Waals surface area contributed by atoms with E-state index in [1.165, 1.54) is 0 Å². The molecule has 1 aromatic carbocycles. The molecular weight excluding hydrogens is 216 g/mol. The number of hydrogen-bond acceptors (Lipinski definition) is 3. The SMILES string of the molecule is Cl.Nc1cc2cc(C(=O)O)ccc2cn1. The van der Waals surface area contributed by atoms with Gasteiger partial charge in [-0.1, -0.05) is 6.07 Å². The highest BCUT2D eigenvalue weighted by Gasteiger charge is 2.03. The first kappa shape index (κ1) is 11.3. The number of pyridine rings is 1. The van der Waals surface area contributed by atoms with Crippen LogP contribution >= 0.6 is 12.4 Å².